The molecule has 0 saturated carbocycles. The number of Topliss-reactive ketones (excluding diaryl/α,β-unsaturated/α-hetero) is 2. The monoisotopic (exact) mass is 399 g/mol. The van der Waals surface area contributed by atoms with Gasteiger partial charge in [0.15, 0.2) is 5.78 Å². The van der Waals surface area contributed by atoms with Gasteiger partial charge in [0.2, 0.25) is 5.78 Å². The van der Waals surface area contributed by atoms with Crippen LogP contribution in [0.2, 0.25) is 10.0 Å². The Bertz CT molecular complexity index is 742. The third-order valence-corrected chi connectivity index (χ3v) is 6.26. The lowest BCUT2D eigenvalue weighted by Gasteiger charge is -2.27. The van der Waals surface area contributed by atoms with Crippen LogP contribution in [0.3, 0.4) is 0 Å². The first kappa shape index (κ1) is 18.8. The molecule has 134 valence electrons. The number of allylic oxidation sites excluding steroid dienone is 2. The van der Waals surface area contributed by atoms with E-state index in [-0.39, 0.29) is 34.1 Å². The van der Waals surface area contributed by atoms with Crippen LogP contribution in [-0.2, 0) is 11.3 Å². The molecule has 1 aliphatic carbocycles. The Kier molecular flexibility index (Phi) is 6.10. The van der Waals surface area contributed by atoms with Gasteiger partial charge in [-0.15, -0.1) is 0 Å². The van der Waals surface area contributed by atoms with Crippen molar-refractivity contribution < 1.29 is 14.7 Å². The second-order valence-corrected chi connectivity index (χ2v) is 8.21. The Hall–Kier alpha value is -1.01. The van der Waals surface area contributed by atoms with E-state index in [1.54, 1.807) is 6.07 Å². The Labute approximate surface area is 161 Å². The van der Waals surface area contributed by atoms with E-state index in [0.717, 1.165) is 24.6 Å². The molecule has 1 N–H and O–H groups in total. The van der Waals surface area contributed by atoms with Gasteiger partial charge >= 0.3 is 0 Å². The zero-order chi connectivity index (χ0) is 18.0. The number of aliphatic hydroxyl groups is 1. The highest BCUT2D eigenvalue weighted by Gasteiger charge is 2.29. The lowest BCUT2D eigenvalue weighted by atomic mass is 9.90. The van der Waals surface area contributed by atoms with Gasteiger partial charge < -0.3 is 5.11 Å². The molecular weight excluding hydrogens is 381 g/mol. The van der Waals surface area contributed by atoms with Crippen molar-refractivity contribution in [1.29, 1.82) is 0 Å². The highest BCUT2D eigenvalue weighted by molar-refractivity contribution is 7.99. The van der Waals surface area contributed by atoms with Crippen molar-refractivity contribution in [1.82, 2.24) is 4.90 Å². The first-order chi connectivity index (χ1) is 12.0. The maximum absolute atomic E-state index is 12.8. The molecule has 1 aliphatic heterocycles. The van der Waals surface area contributed by atoms with Gasteiger partial charge in [-0.1, -0.05) is 23.2 Å². The molecule has 0 bridgehead atoms. The van der Waals surface area contributed by atoms with Crippen LogP contribution >= 0.6 is 35.0 Å². The van der Waals surface area contributed by atoms with Crippen molar-refractivity contribution in [2.75, 3.05) is 24.6 Å². The number of rotatable bonds is 4. The fourth-order valence-corrected chi connectivity index (χ4v) is 4.68. The van der Waals surface area contributed by atoms with Gasteiger partial charge in [-0.05, 0) is 18.6 Å². The predicted octanol–water partition coefficient (Wildman–Crippen LogP) is 4.29. The van der Waals surface area contributed by atoms with Crippen molar-refractivity contribution in [3.63, 3.8) is 0 Å². The number of ketones is 2. The summed E-state index contributed by atoms with van der Waals surface area (Å²) in [6.07, 6.45) is 1.18. The summed E-state index contributed by atoms with van der Waals surface area (Å²) in [6, 6.07) is 3.17. The van der Waals surface area contributed by atoms with E-state index in [0.29, 0.717) is 30.0 Å². The largest absolute Gasteiger partial charge is 0.511 e. The number of thioether (sulfide) groups is 1. The minimum absolute atomic E-state index is 0.129. The molecule has 0 radical (unpaired) electrons. The lowest BCUT2D eigenvalue weighted by molar-refractivity contribution is -0.116. The normalized spacial score (nSPS) is 19.4. The zero-order valence-electron chi connectivity index (χ0n) is 13.7. The summed E-state index contributed by atoms with van der Waals surface area (Å²) in [5, 5.41) is 10.8. The number of carbonyl (C=O) groups excluding carboxylic acids is 2. The quantitative estimate of drug-likeness (QED) is 0.604. The molecule has 0 atom stereocenters. The summed E-state index contributed by atoms with van der Waals surface area (Å²) >= 11 is 14.7. The van der Waals surface area contributed by atoms with Crippen LogP contribution in [0.25, 0.3) is 0 Å². The molecule has 0 unspecified atom stereocenters. The van der Waals surface area contributed by atoms with Gasteiger partial charge in [-0.2, -0.15) is 11.8 Å². The molecule has 1 aromatic carbocycles. The van der Waals surface area contributed by atoms with Gasteiger partial charge in [0, 0.05) is 60.1 Å². The van der Waals surface area contributed by atoms with Crippen molar-refractivity contribution in [2.24, 2.45) is 0 Å². The van der Waals surface area contributed by atoms with E-state index in [9.17, 15) is 14.7 Å². The Morgan fingerprint density at radius 1 is 1.20 bits per heavy atom. The van der Waals surface area contributed by atoms with Gasteiger partial charge in [0.25, 0.3) is 0 Å². The molecule has 25 heavy (non-hydrogen) atoms. The summed E-state index contributed by atoms with van der Waals surface area (Å²) in [6.45, 7) is 2.46. The highest BCUT2D eigenvalue weighted by Crippen LogP contribution is 2.33. The van der Waals surface area contributed by atoms with Crippen LogP contribution in [0.4, 0.5) is 0 Å². The average Bonchev–Trinajstić information content (AvgIpc) is 2.59. The molecule has 1 heterocycles. The topological polar surface area (TPSA) is 57.6 Å². The first-order valence-electron chi connectivity index (χ1n) is 8.26. The molecular formula is C18H19Cl2NO3S. The SMILES string of the molecule is O=C1CCCC(O)=C1C(=O)c1ccc(Cl)c(CN2CCSCC2)c1Cl. The van der Waals surface area contributed by atoms with Gasteiger partial charge in [-0.3, -0.25) is 14.5 Å². The minimum Gasteiger partial charge on any atom is -0.511 e. The van der Waals surface area contributed by atoms with Gasteiger partial charge in [0.05, 0.1) is 5.02 Å². The Morgan fingerprint density at radius 2 is 1.92 bits per heavy atom. The van der Waals surface area contributed by atoms with Crippen molar-refractivity contribution in [3.8, 4) is 0 Å². The number of carbonyl (C=O) groups is 2. The molecule has 2 aliphatic rings. The second-order valence-electron chi connectivity index (χ2n) is 6.20. The standard InChI is InChI=1S/C18H19Cl2NO3S/c19-13-5-4-11(18(24)16-14(22)2-1-3-15(16)23)17(20)12(13)10-21-6-8-25-9-7-21/h4-5,22H,1-3,6-10H2. The van der Waals surface area contributed by atoms with Crippen LogP contribution in [-0.4, -0.2) is 46.2 Å². The first-order valence-corrected chi connectivity index (χ1v) is 10.2. The molecule has 1 saturated heterocycles. The molecule has 7 heteroatoms. The smallest absolute Gasteiger partial charge is 0.201 e. The molecule has 1 fully saturated rings. The average molecular weight is 400 g/mol. The number of hydrogen-bond acceptors (Lipinski definition) is 5. The molecule has 1 aromatic rings. The Balaban J connectivity index is 1.93. The summed E-state index contributed by atoms with van der Waals surface area (Å²) in [5.41, 5.74) is 0.796. The summed E-state index contributed by atoms with van der Waals surface area (Å²) < 4.78 is 0. The molecule has 0 aromatic heterocycles. The second kappa shape index (κ2) is 8.12. The maximum atomic E-state index is 12.8. The number of hydrogen-bond donors (Lipinski definition) is 1. The van der Waals surface area contributed by atoms with Crippen LogP contribution in [0, 0.1) is 0 Å². The molecule has 3 rings (SSSR count). The van der Waals surface area contributed by atoms with E-state index < -0.39 is 5.78 Å². The number of aliphatic hydroxyl groups excluding tert-OH is 1. The van der Waals surface area contributed by atoms with Gasteiger partial charge in [-0.25, -0.2) is 0 Å². The highest BCUT2D eigenvalue weighted by atomic mass is 35.5. The number of nitrogens with zero attached hydrogens (tertiary/aromatic N) is 1. The molecule has 4 nitrogen and oxygen atoms in total. The van der Waals surface area contributed by atoms with E-state index in [1.807, 2.05) is 11.8 Å². The third-order valence-electron chi connectivity index (χ3n) is 4.53. The molecule has 0 spiro atoms. The molecule has 0 amide bonds. The Morgan fingerprint density at radius 3 is 2.60 bits per heavy atom. The van der Waals surface area contributed by atoms with Crippen LogP contribution in [0.5, 0.6) is 0 Å². The van der Waals surface area contributed by atoms with E-state index in [2.05, 4.69) is 4.90 Å². The van der Waals surface area contributed by atoms with Crippen molar-refractivity contribution in [3.05, 3.63) is 44.6 Å². The van der Waals surface area contributed by atoms with E-state index in [1.165, 1.54) is 6.07 Å². The van der Waals surface area contributed by atoms with Crippen LogP contribution in [0.1, 0.15) is 35.2 Å². The van der Waals surface area contributed by atoms with Crippen LogP contribution < -0.4 is 0 Å². The zero-order valence-corrected chi connectivity index (χ0v) is 16.0. The summed E-state index contributed by atoms with van der Waals surface area (Å²) in [7, 11) is 0. The fourth-order valence-electron chi connectivity index (χ4n) is 3.12. The maximum Gasteiger partial charge on any atom is 0.201 e. The van der Waals surface area contributed by atoms with Crippen molar-refractivity contribution in [2.45, 2.75) is 25.8 Å². The third kappa shape index (κ3) is 4.05. The van der Waals surface area contributed by atoms with Crippen LogP contribution in [0.15, 0.2) is 23.5 Å². The summed E-state index contributed by atoms with van der Waals surface area (Å²) in [5.74, 6) is 1.14. The lowest BCUT2D eigenvalue weighted by Crippen LogP contribution is -2.32. The van der Waals surface area contributed by atoms with Crippen molar-refractivity contribution >= 4 is 46.5 Å². The van der Waals surface area contributed by atoms with E-state index >= 15 is 0 Å². The number of benzene rings is 1. The summed E-state index contributed by atoms with van der Waals surface area (Å²) in [4.78, 5) is 27.1. The fraction of sp³-hybridized carbons (Fsp3) is 0.444. The minimum atomic E-state index is -0.515. The van der Waals surface area contributed by atoms with Gasteiger partial charge in [0.1, 0.15) is 11.3 Å². The predicted molar refractivity (Wildman–Crippen MR) is 102 cm³/mol. The number of halogens is 2. The van der Waals surface area contributed by atoms with E-state index in [4.69, 9.17) is 23.2 Å².